The number of rotatable bonds is 5. The number of benzene rings is 1. The Kier molecular flexibility index (Phi) is 4.44. The fraction of sp³-hybridized carbons (Fsp3) is 0.308. The van der Waals surface area contributed by atoms with Crippen molar-refractivity contribution >= 4 is 11.9 Å². The molecule has 0 spiro atoms. The quantitative estimate of drug-likeness (QED) is 0.821. The van der Waals surface area contributed by atoms with Crippen LogP contribution in [0.2, 0.25) is 0 Å². The van der Waals surface area contributed by atoms with Crippen LogP contribution in [0.25, 0.3) is 0 Å². The molecule has 1 aromatic rings. The first-order valence-electron chi connectivity index (χ1n) is 5.47. The van der Waals surface area contributed by atoms with Gasteiger partial charge in [-0.1, -0.05) is 30.3 Å². The van der Waals surface area contributed by atoms with Gasteiger partial charge in [0.25, 0.3) is 0 Å². The van der Waals surface area contributed by atoms with Gasteiger partial charge in [-0.05, 0) is 12.5 Å². The molecule has 1 rings (SSSR count). The van der Waals surface area contributed by atoms with E-state index in [0.29, 0.717) is 5.56 Å². The number of aliphatic carboxylic acids is 1. The van der Waals surface area contributed by atoms with E-state index in [4.69, 9.17) is 5.11 Å². The smallest absolute Gasteiger partial charge is 0.303 e. The summed E-state index contributed by atoms with van der Waals surface area (Å²) in [5.41, 5.74) is -0.479. The van der Waals surface area contributed by atoms with Crippen molar-refractivity contribution in [2.75, 3.05) is 0 Å². The van der Waals surface area contributed by atoms with Gasteiger partial charge in [-0.15, -0.1) is 0 Å². The normalized spacial score (nSPS) is 13.1. The van der Waals surface area contributed by atoms with Crippen molar-refractivity contribution in [3.63, 3.8) is 0 Å². The van der Waals surface area contributed by atoms with Gasteiger partial charge in [-0.2, -0.15) is 5.26 Å². The van der Waals surface area contributed by atoms with Crippen molar-refractivity contribution in [2.45, 2.75) is 25.3 Å². The largest absolute Gasteiger partial charge is 0.481 e. The summed E-state index contributed by atoms with van der Waals surface area (Å²) >= 11 is 0. The zero-order chi connectivity index (χ0) is 13.6. The summed E-state index contributed by atoms with van der Waals surface area (Å²) in [6, 6.07) is 10.9. The van der Waals surface area contributed by atoms with Crippen LogP contribution in [0.4, 0.5) is 0 Å². The highest BCUT2D eigenvalue weighted by molar-refractivity contribution is 5.81. The number of hydrogen-bond acceptors (Lipinski definition) is 3. The van der Waals surface area contributed by atoms with E-state index in [9.17, 15) is 14.9 Å². The molecule has 0 aromatic heterocycles. The van der Waals surface area contributed by atoms with E-state index in [1.807, 2.05) is 12.1 Å². The molecule has 18 heavy (non-hydrogen) atoms. The second-order valence-electron chi connectivity index (χ2n) is 4.04. The topological polar surface area (TPSA) is 90.2 Å². The number of carboxylic acids is 1. The van der Waals surface area contributed by atoms with E-state index in [2.05, 4.69) is 5.32 Å². The van der Waals surface area contributed by atoms with Crippen molar-refractivity contribution in [2.24, 2.45) is 0 Å². The first-order chi connectivity index (χ1) is 8.48. The van der Waals surface area contributed by atoms with E-state index in [1.54, 1.807) is 31.2 Å². The third kappa shape index (κ3) is 3.59. The molecule has 0 bridgehead atoms. The monoisotopic (exact) mass is 246 g/mol. The minimum atomic E-state index is -1.14. The van der Waals surface area contributed by atoms with Crippen molar-refractivity contribution in [1.29, 1.82) is 5.26 Å². The van der Waals surface area contributed by atoms with Crippen LogP contribution in [-0.4, -0.2) is 17.0 Å². The molecule has 0 saturated carbocycles. The predicted molar refractivity (Wildman–Crippen MR) is 64.4 cm³/mol. The third-order valence-electron chi connectivity index (χ3n) is 2.53. The average molecular weight is 246 g/mol. The molecule has 0 fully saturated rings. The van der Waals surface area contributed by atoms with Crippen LogP contribution in [0.3, 0.4) is 0 Å². The Bertz CT molecular complexity index is 479. The van der Waals surface area contributed by atoms with Gasteiger partial charge >= 0.3 is 5.97 Å². The van der Waals surface area contributed by atoms with Gasteiger partial charge in [0, 0.05) is 6.42 Å². The highest BCUT2D eigenvalue weighted by atomic mass is 16.4. The van der Waals surface area contributed by atoms with Crippen molar-refractivity contribution in [3.05, 3.63) is 35.9 Å². The molecule has 94 valence electrons. The van der Waals surface area contributed by atoms with Gasteiger partial charge in [0.05, 0.1) is 12.5 Å². The van der Waals surface area contributed by atoms with Gasteiger partial charge in [-0.25, -0.2) is 0 Å². The number of carboxylic acid groups (broad SMARTS) is 1. The highest BCUT2D eigenvalue weighted by Crippen LogP contribution is 2.19. The number of hydrogen-bond donors (Lipinski definition) is 2. The first kappa shape index (κ1) is 13.7. The lowest BCUT2D eigenvalue weighted by atomic mass is 9.93. The van der Waals surface area contributed by atoms with E-state index in [0.717, 1.165) is 0 Å². The molecule has 0 aliphatic carbocycles. The maximum absolute atomic E-state index is 11.6. The van der Waals surface area contributed by atoms with Crippen molar-refractivity contribution < 1.29 is 14.7 Å². The summed E-state index contributed by atoms with van der Waals surface area (Å²) in [7, 11) is 0. The summed E-state index contributed by atoms with van der Waals surface area (Å²) in [6.45, 7) is 1.58. The zero-order valence-electron chi connectivity index (χ0n) is 10.0. The van der Waals surface area contributed by atoms with E-state index in [1.165, 1.54) is 0 Å². The van der Waals surface area contributed by atoms with Crippen LogP contribution in [0.1, 0.15) is 25.3 Å². The SMILES string of the molecule is CC(C#N)(NC(=O)CCC(=O)O)c1ccccc1. The predicted octanol–water partition coefficient (Wildman–Crippen LogP) is 1.41. The van der Waals surface area contributed by atoms with Crippen LogP contribution < -0.4 is 5.32 Å². The molecule has 5 nitrogen and oxygen atoms in total. The molecule has 0 radical (unpaired) electrons. The number of carbonyl (C=O) groups is 2. The fourth-order valence-electron chi connectivity index (χ4n) is 1.50. The van der Waals surface area contributed by atoms with E-state index < -0.39 is 17.4 Å². The van der Waals surface area contributed by atoms with E-state index in [-0.39, 0.29) is 12.8 Å². The molecule has 0 aliphatic rings. The Balaban J connectivity index is 2.76. The van der Waals surface area contributed by atoms with Crippen LogP contribution >= 0.6 is 0 Å². The van der Waals surface area contributed by atoms with Crippen LogP contribution in [0.5, 0.6) is 0 Å². The van der Waals surface area contributed by atoms with Gasteiger partial charge in [0.2, 0.25) is 5.91 Å². The molecular weight excluding hydrogens is 232 g/mol. The molecule has 5 heteroatoms. The number of amides is 1. The Morgan fingerprint density at radius 3 is 2.44 bits per heavy atom. The van der Waals surface area contributed by atoms with Crippen LogP contribution in [-0.2, 0) is 15.1 Å². The van der Waals surface area contributed by atoms with Gasteiger partial charge in [0.15, 0.2) is 0 Å². The third-order valence-corrected chi connectivity index (χ3v) is 2.53. The fourth-order valence-corrected chi connectivity index (χ4v) is 1.50. The number of nitriles is 1. The van der Waals surface area contributed by atoms with E-state index >= 15 is 0 Å². The molecule has 1 aromatic carbocycles. The lowest BCUT2D eigenvalue weighted by molar-refractivity contribution is -0.139. The standard InChI is InChI=1S/C13H14N2O3/c1-13(9-14,10-5-3-2-4-6-10)15-11(16)7-8-12(17)18/h2-6H,7-8H2,1H3,(H,15,16)(H,17,18). The van der Waals surface area contributed by atoms with Gasteiger partial charge < -0.3 is 10.4 Å². The second-order valence-corrected chi connectivity index (χ2v) is 4.04. The Morgan fingerprint density at radius 2 is 1.94 bits per heavy atom. The minimum absolute atomic E-state index is 0.139. The molecule has 1 amide bonds. The summed E-state index contributed by atoms with van der Waals surface area (Å²) in [6.07, 6.45) is -0.387. The lowest BCUT2D eigenvalue weighted by Gasteiger charge is -2.23. The van der Waals surface area contributed by atoms with Crippen LogP contribution in [0, 0.1) is 11.3 Å². The molecule has 0 heterocycles. The maximum atomic E-state index is 11.6. The lowest BCUT2D eigenvalue weighted by Crippen LogP contribution is -2.42. The van der Waals surface area contributed by atoms with Crippen LogP contribution in [0.15, 0.2) is 30.3 Å². The molecule has 0 saturated heterocycles. The number of carbonyl (C=O) groups excluding carboxylic acids is 1. The van der Waals surface area contributed by atoms with Crippen molar-refractivity contribution in [3.8, 4) is 6.07 Å². The van der Waals surface area contributed by atoms with Gasteiger partial charge in [-0.3, -0.25) is 9.59 Å². The highest BCUT2D eigenvalue weighted by Gasteiger charge is 2.28. The summed E-state index contributed by atoms with van der Waals surface area (Å²) in [5, 5.41) is 20.2. The summed E-state index contributed by atoms with van der Waals surface area (Å²) in [5.74, 6) is -1.49. The van der Waals surface area contributed by atoms with Gasteiger partial charge in [0.1, 0.15) is 5.54 Å². The Labute approximate surface area is 105 Å². The summed E-state index contributed by atoms with van der Waals surface area (Å²) in [4.78, 5) is 21.9. The number of nitrogens with one attached hydrogen (secondary N) is 1. The Morgan fingerprint density at radius 1 is 1.33 bits per heavy atom. The average Bonchev–Trinajstić information content (AvgIpc) is 2.37. The minimum Gasteiger partial charge on any atom is -0.481 e. The summed E-state index contributed by atoms with van der Waals surface area (Å²) < 4.78 is 0. The molecule has 1 atom stereocenters. The Hall–Kier alpha value is -2.35. The maximum Gasteiger partial charge on any atom is 0.303 e. The van der Waals surface area contributed by atoms with Crippen molar-refractivity contribution in [1.82, 2.24) is 5.32 Å². The molecular formula is C13H14N2O3. The number of nitrogens with zero attached hydrogens (tertiary/aromatic N) is 1. The molecule has 1 unspecified atom stereocenters. The molecule has 2 N–H and O–H groups in total. The second kappa shape index (κ2) is 5.82. The molecule has 0 aliphatic heterocycles. The first-order valence-corrected chi connectivity index (χ1v) is 5.47. The zero-order valence-corrected chi connectivity index (χ0v) is 10.0.